The van der Waals surface area contributed by atoms with Gasteiger partial charge in [-0.2, -0.15) is 9.90 Å². The number of amides is 1. The molecule has 4 rings (SSSR count). The summed E-state index contributed by atoms with van der Waals surface area (Å²) in [5, 5.41) is 30.7. The maximum Gasteiger partial charge on any atom is 0.407 e. The number of ether oxygens (including phenoxy) is 2. The molecule has 0 saturated heterocycles. The van der Waals surface area contributed by atoms with Gasteiger partial charge in [-0.3, -0.25) is 9.89 Å². The summed E-state index contributed by atoms with van der Waals surface area (Å²) in [6.07, 6.45) is 1.92. The number of hydrogen-bond donors (Lipinski definition) is 3. The summed E-state index contributed by atoms with van der Waals surface area (Å²) in [5.74, 6) is -1.29. The Labute approximate surface area is 222 Å². The third-order valence-electron chi connectivity index (χ3n) is 5.25. The fourth-order valence-corrected chi connectivity index (χ4v) is 3.60. The van der Waals surface area contributed by atoms with Crippen LogP contribution >= 0.6 is 0 Å². The van der Waals surface area contributed by atoms with Crippen molar-refractivity contribution in [1.82, 2.24) is 40.7 Å². The number of tetrazole rings is 1. The summed E-state index contributed by atoms with van der Waals surface area (Å²) >= 11 is 0. The van der Waals surface area contributed by atoms with Crippen molar-refractivity contribution >= 4 is 12.1 Å². The number of aryl methyl sites for hydroxylation is 1. The minimum atomic E-state index is -1.11. The van der Waals surface area contributed by atoms with Crippen LogP contribution < -0.4 is 10.1 Å². The van der Waals surface area contributed by atoms with Crippen molar-refractivity contribution in [1.29, 1.82) is 0 Å². The zero-order valence-corrected chi connectivity index (χ0v) is 21.7. The summed E-state index contributed by atoms with van der Waals surface area (Å²) in [6, 6.07) is 7.15. The first-order valence-electron chi connectivity index (χ1n) is 11.9. The predicted molar refractivity (Wildman–Crippen MR) is 135 cm³/mol. The number of nitrogens with one attached hydrogen (secondary N) is 2. The van der Waals surface area contributed by atoms with Gasteiger partial charge in [0.05, 0.1) is 24.7 Å². The lowest BCUT2D eigenvalue weighted by molar-refractivity contribution is -0.137. The van der Waals surface area contributed by atoms with Crippen molar-refractivity contribution in [3.63, 3.8) is 0 Å². The molecule has 0 aliphatic heterocycles. The molecule has 204 valence electrons. The Kier molecular flexibility index (Phi) is 7.83. The molecule has 0 aliphatic carbocycles. The number of carbonyl (C=O) groups excluding carboxylic acids is 1. The normalized spacial score (nSPS) is 12.1. The Morgan fingerprint density at radius 3 is 2.67 bits per heavy atom. The van der Waals surface area contributed by atoms with Gasteiger partial charge in [0.2, 0.25) is 5.82 Å². The second-order valence-corrected chi connectivity index (χ2v) is 9.67. The molecule has 1 unspecified atom stereocenters. The highest BCUT2D eigenvalue weighted by Crippen LogP contribution is 2.29. The van der Waals surface area contributed by atoms with Crippen LogP contribution in [0.25, 0.3) is 22.6 Å². The minimum absolute atomic E-state index is 0.0434. The van der Waals surface area contributed by atoms with E-state index in [-0.39, 0.29) is 24.7 Å². The standard InChI is InChI=1S/C25H27FN8O5/c1-14-9-17(38-23-19(26)10-15(12-27-23)20-7-8-28-30-20)5-6-18(14)22-31-33-34(32-22)13-16(11-21(35)36)29-24(37)39-25(2,3)4/h5-10,12,16H,11,13H2,1-4H3,(H,28,30)(H,29,37)(H,35,36). The van der Waals surface area contributed by atoms with Gasteiger partial charge in [0.1, 0.15) is 11.4 Å². The number of carboxylic acids is 1. The zero-order chi connectivity index (χ0) is 28.2. The molecular formula is C25H27FN8O5. The maximum atomic E-state index is 14.6. The van der Waals surface area contributed by atoms with E-state index in [0.717, 1.165) is 5.56 Å². The fraction of sp³-hybridized carbons (Fsp3) is 0.320. The molecule has 0 spiro atoms. The molecule has 3 heterocycles. The van der Waals surface area contributed by atoms with E-state index in [1.54, 1.807) is 58.2 Å². The molecule has 13 nitrogen and oxygen atoms in total. The highest BCUT2D eigenvalue weighted by atomic mass is 19.1. The highest BCUT2D eigenvalue weighted by molar-refractivity contribution is 5.71. The number of H-pyrrole nitrogens is 1. The average Bonchev–Trinajstić information content (AvgIpc) is 3.51. The first-order valence-corrected chi connectivity index (χ1v) is 11.9. The van der Waals surface area contributed by atoms with Crippen LogP contribution in [0, 0.1) is 12.7 Å². The van der Waals surface area contributed by atoms with E-state index in [0.29, 0.717) is 22.6 Å². The molecule has 1 atom stereocenters. The number of rotatable bonds is 9. The Hall–Kier alpha value is -4.88. The van der Waals surface area contributed by atoms with E-state index in [1.165, 1.54) is 17.1 Å². The highest BCUT2D eigenvalue weighted by Gasteiger charge is 2.23. The van der Waals surface area contributed by atoms with Gasteiger partial charge < -0.3 is 19.9 Å². The quantitative estimate of drug-likeness (QED) is 0.285. The number of aromatic nitrogens is 7. The Bertz CT molecular complexity index is 1470. The van der Waals surface area contributed by atoms with Crippen LogP contribution in [0.1, 0.15) is 32.8 Å². The SMILES string of the molecule is Cc1cc(Oc2ncc(-c3ccn[nH]3)cc2F)ccc1-c1nnn(CC(CC(=O)O)NC(=O)OC(C)(C)C)n1. The van der Waals surface area contributed by atoms with E-state index in [2.05, 4.69) is 35.9 Å². The number of carboxylic acid groups (broad SMARTS) is 1. The van der Waals surface area contributed by atoms with E-state index < -0.39 is 29.5 Å². The number of halogens is 1. The Morgan fingerprint density at radius 1 is 1.23 bits per heavy atom. The van der Waals surface area contributed by atoms with Crippen LogP contribution in [-0.2, 0) is 16.1 Å². The summed E-state index contributed by atoms with van der Waals surface area (Å²) in [5.41, 5.74) is 1.77. The lowest BCUT2D eigenvalue weighted by Gasteiger charge is -2.22. The number of benzene rings is 1. The van der Waals surface area contributed by atoms with Crippen LogP contribution in [0.15, 0.2) is 42.7 Å². The van der Waals surface area contributed by atoms with Crippen LogP contribution in [0.4, 0.5) is 9.18 Å². The first-order chi connectivity index (χ1) is 18.5. The van der Waals surface area contributed by atoms with E-state index >= 15 is 0 Å². The third kappa shape index (κ3) is 7.34. The fourth-order valence-electron chi connectivity index (χ4n) is 3.60. The van der Waals surface area contributed by atoms with Crippen LogP contribution in [-0.4, -0.2) is 64.2 Å². The summed E-state index contributed by atoms with van der Waals surface area (Å²) in [4.78, 5) is 28.7. The smallest absolute Gasteiger partial charge is 0.407 e. The zero-order valence-electron chi connectivity index (χ0n) is 21.7. The second kappa shape index (κ2) is 11.2. The minimum Gasteiger partial charge on any atom is -0.481 e. The summed E-state index contributed by atoms with van der Waals surface area (Å²) in [6.45, 7) is 6.86. The molecule has 0 radical (unpaired) electrons. The van der Waals surface area contributed by atoms with Gasteiger partial charge in [-0.05, 0) is 68.8 Å². The van der Waals surface area contributed by atoms with Gasteiger partial charge in [-0.1, -0.05) is 0 Å². The van der Waals surface area contributed by atoms with Crippen molar-refractivity contribution < 1.29 is 28.6 Å². The number of hydrogen-bond acceptors (Lipinski definition) is 9. The molecule has 0 saturated carbocycles. The van der Waals surface area contributed by atoms with E-state index in [9.17, 15) is 19.1 Å². The number of aliphatic carboxylic acids is 1. The van der Waals surface area contributed by atoms with Crippen molar-refractivity contribution in [3.8, 4) is 34.3 Å². The van der Waals surface area contributed by atoms with Gasteiger partial charge in [0, 0.05) is 23.5 Å². The molecule has 0 aliphatic rings. The topological polar surface area (TPSA) is 170 Å². The molecule has 0 bridgehead atoms. The molecule has 3 aromatic heterocycles. The van der Waals surface area contributed by atoms with Crippen LogP contribution in [0.5, 0.6) is 11.6 Å². The molecular weight excluding hydrogens is 511 g/mol. The monoisotopic (exact) mass is 538 g/mol. The second-order valence-electron chi connectivity index (χ2n) is 9.67. The van der Waals surface area contributed by atoms with Gasteiger partial charge in [-0.15, -0.1) is 10.2 Å². The molecule has 1 amide bonds. The van der Waals surface area contributed by atoms with Crippen molar-refractivity contribution in [2.45, 2.75) is 52.3 Å². The first kappa shape index (κ1) is 27.2. The Balaban J connectivity index is 1.45. The number of alkyl carbamates (subject to hydrolysis) is 1. The lowest BCUT2D eigenvalue weighted by atomic mass is 10.1. The molecule has 4 aromatic rings. The van der Waals surface area contributed by atoms with Crippen molar-refractivity contribution in [2.75, 3.05) is 0 Å². The third-order valence-corrected chi connectivity index (χ3v) is 5.25. The van der Waals surface area contributed by atoms with E-state index in [4.69, 9.17) is 9.47 Å². The van der Waals surface area contributed by atoms with Crippen molar-refractivity contribution in [3.05, 3.63) is 54.1 Å². The number of carbonyl (C=O) groups is 2. The van der Waals surface area contributed by atoms with Gasteiger partial charge >= 0.3 is 12.1 Å². The number of aromatic amines is 1. The molecule has 3 N–H and O–H groups in total. The lowest BCUT2D eigenvalue weighted by Crippen LogP contribution is -2.42. The van der Waals surface area contributed by atoms with Crippen molar-refractivity contribution in [2.24, 2.45) is 0 Å². The van der Waals surface area contributed by atoms with Gasteiger partial charge in [-0.25, -0.2) is 14.2 Å². The maximum absolute atomic E-state index is 14.6. The summed E-state index contributed by atoms with van der Waals surface area (Å²) in [7, 11) is 0. The number of pyridine rings is 1. The Morgan fingerprint density at radius 2 is 2.03 bits per heavy atom. The summed E-state index contributed by atoms with van der Waals surface area (Å²) < 4.78 is 25.4. The van der Waals surface area contributed by atoms with Crippen LogP contribution in [0.3, 0.4) is 0 Å². The molecule has 1 aromatic carbocycles. The van der Waals surface area contributed by atoms with Crippen LogP contribution in [0.2, 0.25) is 0 Å². The molecule has 14 heteroatoms. The molecule has 39 heavy (non-hydrogen) atoms. The van der Waals surface area contributed by atoms with Gasteiger partial charge in [0.15, 0.2) is 5.82 Å². The largest absolute Gasteiger partial charge is 0.481 e. The predicted octanol–water partition coefficient (Wildman–Crippen LogP) is 3.73. The number of nitrogens with zero attached hydrogens (tertiary/aromatic N) is 6. The van der Waals surface area contributed by atoms with Gasteiger partial charge in [0.25, 0.3) is 5.88 Å². The molecule has 0 fully saturated rings. The van der Waals surface area contributed by atoms with E-state index in [1.807, 2.05) is 0 Å². The average molecular weight is 539 g/mol.